The van der Waals surface area contributed by atoms with Gasteiger partial charge in [-0.2, -0.15) is 0 Å². The Balaban J connectivity index is 1.24. The Bertz CT molecular complexity index is 1250. The van der Waals surface area contributed by atoms with Crippen molar-refractivity contribution in [3.05, 3.63) is 67.1 Å². The van der Waals surface area contributed by atoms with Gasteiger partial charge in [-0.25, -0.2) is 19.9 Å². The van der Waals surface area contributed by atoms with Gasteiger partial charge >= 0.3 is 0 Å². The summed E-state index contributed by atoms with van der Waals surface area (Å²) in [7, 11) is 0. The maximum atomic E-state index is 5.60. The first-order valence-electron chi connectivity index (χ1n) is 11.7. The quantitative estimate of drug-likeness (QED) is 0.475. The van der Waals surface area contributed by atoms with Crippen molar-refractivity contribution in [2.45, 2.75) is 24.8 Å². The van der Waals surface area contributed by atoms with Crippen molar-refractivity contribution in [2.75, 3.05) is 36.8 Å². The maximum absolute atomic E-state index is 5.60. The molecule has 1 aliphatic carbocycles. The van der Waals surface area contributed by atoms with Gasteiger partial charge in [-0.3, -0.25) is 4.98 Å². The van der Waals surface area contributed by atoms with Gasteiger partial charge in [-0.05, 0) is 43.0 Å². The number of pyridine rings is 2. The lowest BCUT2D eigenvalue weighted by molar-refractivity contribution is 0.196. The molecule has 1 aliphatic heterocycles. The second kappa shape index (κ2) is 8.49. The molecule has 4 aromatic rings. The van der Waals surface area contributed by atoms with Crippen molar-refractivity contribution in [3.8, 4) is 22.5 Å². The van der Waals surface area contributed by atoms with Crippen molar-refractivity contribution in [3.63, 3.8) is 0 Å². The first-order chi connectivity index (χ1) is 16.7. The second-order valence-electron chi connectivity index (χ2n) is 8.96. The van der Waals surface area contributed by atoms with Crippen LogP contribution in [0.2, 0.25) is 0 Å². The molecule has 0 spiro atoms. The Labute approximate surface area is 198 Å². The molecule has 9 heteroatoms. The van der Waals surface area contributed by atoms with E-state index >= 15 is 0 Å². The summed E-state index contributed by atoms with van der Waals surface area (Å²) in [5, 5.41) is 3.38. The van der Waals surface area contributed by atoms with Gasteiger partial charge in [0.1, 0.15) is 5.82 Å². The minimum atomic E-state index is -0.109. The van der Waals surface area contributed by atoms with E-state index in [1.54, 1.807) is 12.4 Å². The van der Waals surface area contributed by atoms with E-state index in [9.17, 15) is 0 Å². The summed E-state index contributed by atoms with van der Waals surface area (Å²) < 4.78 is 2.25. The first kappa shape index (κ1) is 20.7. The number of anilines is 2. The molecule has 6 rings (SSSR count). The van der Waals surface area contributed by atoms with Crippen molar-refractivity contribution < 1.29 is 0 Å². The third-order valence-corrected chi connectivity index (χ3v) is 7.01. The van der Waals surface area contributed by atoms with Crippen LogP contribution in [-0.4, -0.2) is 55.7 Å². The Kier molecular flexibility index (Phi) is 5.18. The number of nitrogens with two attached hydrogens (primary N) is 1. The number of aromatic nitrogens is 6. The highest BCUT2D eigenvalue weighted by atomic mass is 15.2. The van der Waals surface area contributed by atoms with Gasteiger partial charge in [0.2, 0.25) is 5.95 Å². The van der Waals surface area contributed by atoms with Crippen molar-refractivity contribution in [2.24, 2.45) is 0 Å². The molecule has 0 aromatic carbocycles. The number of nitrogen functional groups attached to an aromatic ring is 1. The van der Waals surface area contributed by atoms with E-state index in [0.717, 1.165) is 67.4 Å². The van der Waals surface area contributed by atoms with Crippen LogP contribution in [-0.2, 0) is 5.54 Å². The number of piperazine rings is 1. The summed E-state index contributed by atoms with van der Waals surface area (Å²) in [5.74, 6) is 1.29. The van der Waals surface area contributed by atoms with Crippen LogP contribution in [0.25, 0.3) is 22.5 Å². The number of rotatable bonds is 5. The number of hydrogen-bond donors (Lipinski definition) is 2. The molecular formula is C25H27N9. The van der Waals surface area contributed by atoms with Gasteiger partial charge in [0.05, 0.1) is 23.3 Å². The molecule has 0 radical (unpaired) electrons. The van der Waals surface area contributed by atoms with Gasteiger partial charge in [-0.1, -0.05) is 6.07 Å². The predicted molar refractivity (Wildman–Crippen MR) is 131 cm³/mol. The Morgan fingerprint density at radius 3 is 2.24 bits per heavy atom. The molecular weight excluding hydrogens is 426 g/mol. The Morgan fingerprint density at radius 2 is 1.59 bits per heavy atom. The lowest BCUT2D eigenvalue weighted by atomic mass is 9.72. The van der Waals surface area contributed by atoms with Crippen molar-refractivity contribution >= 4 is 11.8 Å². The van der Waals surface area contributed by atoms with Crippen LogP contribution in [0.1, 0.15) is 24.8 Å². The van der Waals surface area contributed by atoms with Crippen LogP contribution in [0, 0.1) is 0 Å². The maximum Gasteiger partial charge on any atom is 0.219 e. The molecule has 0 unspecified atom stereocenters. The molecule has 9 nitrogen and oxygen atoms in total. The van der Waals surface area contributed by atoms with Crippen LogP contribution >= 0.6 is 0 Å². The number of imidazole rings is 1. The summed E-state index contributed by atoms with van der Waals surface area (Å²) >= 11 is 0. The third-order valence-electron chi connectivity index (χ3n) is 7.01. The van der Waals surface area contributed by atoms with E-state index in [1.807, 2.05) is 24.8 Å². The lowest BCUT2D eigenvalue weighted by Gasteiger charge is -2.43. The highest BCUT2D eigenvalue weighted by Crippen LogP contribution is 2.45. The van der Waals surface area contributed by atoms with E-state index in [1.165, 1.54) is 12.0 Å². The van der Waals surface area contributed by atoms with E-state index < -0.39 is 0 Å². The minimum absolute atomic E-state index is 0.109. The van der Waals surface area contributed by atoms with E-state index in [2.05, 4.69) is 49.1 Å². The zero-order valence-corrected chi connectivity index (χ0v) is 18.9. The predicted octanol–water partition coefficient (Wildman–Crippen LogP) is 2.72. The van der Waals surface area contributed by atoms with E-state index in [-0.39, 0.29) is 11.5 Å². The normalized spacial score (nSPS) is 17.4. The van der Waals surface area contributed by atoms with Gasteiger partial charge in [0, 0.05) is 68.3 Å². The van der Waals surface area contributed by atoms with Crippen molar-refractivity contribution in [1.82, 2.24) is 34.8 Å². The fourth-order valence-corrected chi connectivity index (χ4v) is 4.84. The average molecular weight is 454 g/mol. The van der Waals surface area contributed by atoms with Gasteiger partial charge in [-0.15, -0.1) is 0 Å². The van der Waals surface area contributed by atoms with Gasteiger partial charge < -0.3 is 20.5 Å². The molecule has 0 atom stereocenters. The summed E-state index contributed by atoms with van der Waals surface area (Å²) in [5.41, 5.74) is 10.3. The third kappa shape index (κ3) is 3.67. The van der Waals surface area contributed by atoms with Crippen LogP contribution in [0.15, 0.2) is 61.6 Å². The number of hydrogen-bond acceptors (Lipinski definition) is 8. The standard InChI is InChI=1S/C25H27N9/c26-24-30-13-19(14-31-24)21-4-3-20(15-28-21)25(6-1-7-25)34-16-22(32-17-34)18-2-5-23(29-12-18)33-10-8-27-9-11-33/h2-5,12-17,27H,1,6-11H2,(H2,26,30,31). The van der Waals surface area contributed by atoms with Gasteiger partial charge in [0.15, 0.2) is 0 Å². The summed E-state index contributed by atoms with van der Waals surface area (Å²) in [6, 6.07) is 8.40. The SMILES string of the molecule is Nc1ncc(-c2ccc(C3(n4cnc(-c5ccc(N6CCNCC6)nc5)c4)CCC3)cn2)cn1. The highest BCUT2D eigenvalue weighted by molar-refractivity contribution is 5.60. The largest absolute Gasteiger partial charge is 0.368 e. The Hall–Kier alpha value is -3.85. The average Bonchev–Trinajstić information content (AvgIpc) is 3.35. The molecule has 4 aromatic heterocycles. The van der Waals surface area contributed by atoms with E-state index in [0.29, 0.717) is 0 Å². The molecule has 5 heterocycles. The summed E-state index contributed by atoms with van der Waals surface area (Å²) in [6.45, 7) is 3.97. The molecule has 1 saturated carbocycles. The molecule has 3 N–H and O–H groups in total. The van der Waals surface area contributed by atoms with Crippen molar-refractivity contribution in [1.29, 1.82) is 0 Å². The molecule has 34 heavy (non-hydrogen) atoms. The monoisotopic (exact) mass is 453 g/mol. The zero-order valence-electron chi connectivity index (χ0n) is 18.9. The topological polar surface area (TPSA) is 111 Å². The van der Waals surface area contributed by atoms with E-state index in [4.69, 9.17) is 20.7 Å². The van der Waals surface area contributed by atoms with Crippen LogP contribution in [0.4, 0.5) is 11.8 Å². The molecule has 172 valence electrons. The summed E-state index contributed by atoms with van der Waals surface area (Å²) in [4.78, 5) is 24.6. The molecule has 2 aliphatic rings. The smallest absolute Gasteiger partial charge is 0.219 e. The fourth-order valence-electron chi connectivity index (χ4n) is 4.84. The van der Waals surface area contributed by atoms with Crippen LogP contribution < -0.4 is 16.0 Å². The molecule has 1 saturated heterocycles. The lowest BCUT2D eigenvalue weighted by Crippen LogP contribution is -2.43. The summed E-state index contributed by atoms with van der Waals surface area (Å²) in [6.07, 6.45) is 14.7. The molecule has 0 amide bonds. The second-order valence-corrected chi connectivity index (χ2v) is 8.96. The zero-order chi connectivity index (χ0) is 23.0. The number of nitrogens with zero attached hydrogens (tertiary/aromatic N) is 7. The number of nitrogens with one attached hydrogen (secondary N) is 1. The van der Waals surface area contributed by atoms with Gasteiger partial charge in [0.25, 0.3) is 0 Å². The minimum Gasteiger partial charge on any atom is -0.368 e. The van der Waals surface area contributed by atoms with Crippen LogP contribution in [0.5, 0.6) is 0 Å². The first-order valence-corrected chi connectivity index (χ1v) is 11.7. The van der Waals surface area contributed by atoms with Crippen LogP contribution in [0.3, 0.4) is 0 Å². The Morgan fingerprint density at radius 1 is 0.794 bits per heavy atom. The highest BCUT2D eigenvalue weighted by Gasteiger charge is 2.40. The fraction of sp³-hybridized carbons (Fsp3) is 0.320. The molecule has 2 fully saturated rings. The molecule has 0 bridgehead atoms.